The van der Waals surface area contributed by atoms with Crippen LogP contribution in [0.15, 0.2) is 12.3 Å². The number of hydrogen-bond donors (Lipinski definition) is 2. The van der Waals surface area contributed by atoms with Crippen molar-refractivity contribution in [3.05, 3.63) is 17.8 Å². The normalized spacial score (nSPS) is 9.20. The molecule has 52 valence electrons. The first-order chi connectivity index (χ1) is 4.75. The highest BCUT2D eigenvalue weighted by Gasteiger charge is 2.04. The minimum atomic E-state index is -0.449. The Hall–Kier alpha value is -1.58. The third-order valence-electron chi connectivity index (χ3n) is 1.06. The van der Waals surface area contributed by atoms with Gasteiger partial charge in [-0.05, 0) is 6.07 Å². The van der Waals surface area contributed by atoms with E-state index in [0.29, 0.717) is 6.29 Å². The topological polar surface area (TPSA) is 70.4 Å². The summed E-state index contributed by atoms with van der Waals surface area (Å²) in [6.07, 6.45) is 1.55. The predicted octanol–water partition coefficient (Wildman–Crippen LogP) is 0.305. The molecule has 1 heterocycles. The molecule has 0 bridgehead atoms. The van der Waals surface area contributed by atoms with Gasteiger partial charge in [0.25, 0.3) is 0 Å². The van der Waals surface area contributed by atoms with E-state index in [0.717, 1.165) is 0 Å². The van der Waals surface area contributed by atoms with Gasteiger partial charge in [0, 0.05) is 6.20 Å². The molecule has 1 aromatic heterocycles. The van der Waals surface area contributed by atoms with E-state index in [1.165, 1.54) is 12.3 Å². The van der Waals surface area contributed by atoms with E-state index in [4.69, 9.17) is 10.2 Å². The Balaban J connectivity index is 3.30. The molecule has 0 aliphatic rings. The molecule has 0 unspecified atom stereocenters. The molecule has 4 nitrogen and oxygen atoms in total. The second-order valence-corrected chi connectivity index (χ2v) is 1.69. The van der Waals surface area contributed by atoms with E-state index in [1.807, 2.05) is 0 Å². The number of nitrogens with zero attached hydrogens (tertiary/aromatic N) is 1. The minimum Gasteiger partial charge on any atom is -0.507 e. The van der Waals surface area contributed by atoms with Crippen molar-refractivity contribution in [1.29, 1.82) is 0 Å². The largest absolute Gasteiger partial charge is 0.507 e. The Morgan fingerprint density at radius 1 is 1.50 bits per heavy atom. The summed E-state index contributed by atoms with van der Waals surface area (Å²) >= 11 is 0. The molecule has 1 aromatic rings. The maximum absolute atomic E-state index is 10.1. The molecule has 1 rings (SSSR count). The molecule has 0 atom stereocenters. The molecule has 0 fully saturated rings. The van der Waals surface area contributed by atoms with E-state index < -0.39 is 5.88 Å². The summed E-state index contributed by atoms with van der Waals surface area (Å²) in [6, 6.07) is 1.23. The average Bonchev–Trinajstić information content (AvgIpc) is 1.88. The highest BCUT2D eigenvalue weighted by atomic mass is 16.3. The molecule has 0 saturated heterocycles. The fourth-order valence-electron chi connectivity index (χ4n) is 0.565. The molecule has 0 radical (unpaired) electrons. The summed E-state index contributed by atoms with van der Waals surface area (Å²) in [6.45, 7) is 0. The molecule has 10 heavy (non-hydrogen) atoms. The summed E-state index contributed by atoms with van der Waals surface area (Å²) in [5.41, 5.74) is -0.178. The number of rotatable bonds is 1. The van der Waals surface area contributed by atoms with Gasteiger partial charge in [-0.1, -0.05) is 0 Å². The number of aromatic nitrogens is 1. The smallest absolute Gasteiger partial charge is 0.225 e. The summed E-state index contributed by atoms with van der Waals surface area (Å²) < 4.78 is 0. The van der Waals surface area contributed by atoms with Crippen molar-refractivity contribution < 1.29 is 15.0 Å². The van der Waals surface area contributed by atoms with Gasteiger partial charge in [0.15, 0.2) is 6.29 Å². The summed E-state index contributed by atoms with van der Waals surface area (Å²) in [5.74, 6) is -0.711. The molecule has 0 amide bonds. The van der Waals surface area contributed by atoms with E-state index in [9.17, 15) is 4.79 Å². The minimum absolute atomic E-state index is 0.178. The summed E-state index contributed by atoms with van der Waals surface area (Å²) in [5, 5.41) is 17.6. The molecular weight excluding hydrogens is 134 g/mol. The Morgan fingerprint density at radius 2 is 2.20 bits per heavy atom. The number of hydrogen-bond acceptors (Lipinski definition) is 4. The van der Waals surface area contributed by atoms with Crippen molar-refractivity contribution in [2.75, 3.05) is 0 Å². The summed E-state index contributed by atoms with van der Waals surface area (Å²) in [4.78, 5) is 13.5. The van der Waals surface area contributed by atoms with Gasteiger partial charge in [-0.3, -0.25) is 4.79 Å². The Bertz CT molecular complexity index is 239. The van der Waals surface area contributed by atoms with Crippen molar-refractivity contribution in [1.82, 2.24) is 4.98 Å². The molecular formula is C6H5NO3. The monoisotopic (exact) mass is 139 g/mol. The number of aromatic hydroxyl groups is 2. The highest BCUT2D eigenvalue weighted by molar-refractivity contribution is 5.81. The van der Waals surface area contributed by atoms with Crippen LogP contribution >= 0.6 is 0 Å². The van der Waals surface area contributed by atoms with Gasteiger partial charge in [0.05, 0.1) is 0 Å². The lowest BCUT2D eigenvalue weighted by molar-refractivity contribution is 0.111. The molecule has 4 heteroatoms. The van der Waals surface area contributed by atoms with Crippen molar-refractivity contribution in [3.8, 4) is 11.6 Å². The Labute approximate surface area is 56.8 Å². The first-order valence-electron chi connectivity index (χ1n) is 2.58. The number of carbonyl (C=O) groups excluding carboxylic acids is 1. The third-order valence-corrected chi connectivity index (χ3v) is 1.06. The van der Waals surface area contributed by atoms with Gasteiger partial charge in [-0.15, -0.1) is 0 Å². The van der Waals surface area contributed by atoms with Gasteiger partial charge in [0.2, 0.25) is 5.88 Å². The fourth-order valence-corrected chi connectivity index (χ4v) is 0.565. The third kappa shape index (κ3) is 0.907. The van der Waals surface area contributed by atoms with Crippen LogP contribution in [0.3, 0.4) is 0 Å². The maximum Gasteiger partial charge on any atom is 0.225 e. The van der Waals surface area contributed by atoms with E-state index in [1.54, 1.807) is 0 Å². The van der Waals surface area contributed by atoms with Gasteiger partial charge in [-0.2, -0.15) is 0 Å². The molecule has 0 spiro atoms. The molecule has 0 aliphatic heterocycles. The highest BCUT2D eigenvalue weighted by Crippen LogP contribution is 2.20. The van der Waals surface area contributed by atoms with Crippen LogP contribution in [0.4, 0.5) is 0 Å². The van der Waals surface area contributed by atoms with Crippen LogP contribution in [0, 0.1) is 0 Å². The van der Waals surface area contributed by atoms with Crippen LogP contribution in [0.2, 0.25) is 0 Å². The quantitative estimate of drug-likeness (QED) is 0.549. The van der Waals surface area contributed by atoms with E-state index >= 15 is 0 Å². The zero-order valence-corrected chi connectivity index (χ0v) is 4.98. The van der Waals surface area contributed by atoms with Gasteiger partial charge in [-0.25, -0.2) is 4.98 Å². The second-order valence-electron chi connectivity index (χ2n) is 1.69. The van der Waals surface area contributed by atoms with Crippen molar-refractivity contribution in [2.24, 2.45) is 0 Å². The van der Waals surface area contributed by atoms with Crippen molar-refractivity contribution in [3.63, 3.8) is 0 Å². The van der Waals surface area contributed by atoms with Crippen molar-refractivity contribution in [2.45, 2.75) is 0 Å². The Kier molecular flexibility index (Phi) is 1.53. The fraction of sp³-hybridized carbons (Fsp3) is 0. The zero-order chi connectivity index (χ0) is 7.56. The van der Waals surface area contributed by atoms with Crippen LogP contribution in [0.25, 0.3) is 0 Å². The first-order valence-corrected chi connectivity index (χ1v) is 2.58. The number of carbonyl (C=O) groups is 1. The van der Waals surface area contributed by atoms with Crippen LogP contribution < -0.4 is 0 Å². The lowest BCUT2D eigenvalue weighted by atomic mass is 10.3. The van der Waals surface area contributed by atoms with Crippen LogP contribution in [0.5, 0.6) is 11.6 Å². The van der Waals surface area contributed by atoms with Gasteiger partial charge >= 0.3 is 0 Å². The lowest BCUT2D eigenvalue weighted by Crippen LogP contribution is -1.84. The lowest BCUT2D eigenvalue weighted by Gasteiger charge is -1.95. The molecule has 0 aromatic carbocycles. The SMILES string of the molecule is O=Cc1c(O)ccnc1O. The molecule has 2 N–H and O–H groups in total. The van der Waals surface area contributed by atoms with Gasteiger partial charge < -0.3 is 10.2 Å². The summed E-state index contributed by atoms with van der Waals surface area (Å²) in [7, 11) is 0. The second kappa shape index (κ2) is 2.34. The number of aldehydes is 1. The van der Waals surface area contributed by atoms with Crippen molar-refractivity contribution >= 4 is 6.29 Å². The Morgan fingerprint density at radius 3 is 2.60 bits per heavy atom. The molecule has 0 aliphatic carbocycles. The maximum atomic E-state index is 10.1. The predicted molar refractivity (Wildman–Crippen MR) is 33.0 cm³/mol. The zero-order valence-electron chi connectivity index (χ0n) is 4.98. The first kappa shape index (κ1) is 6.54. The van der Waals surface area contributed by atoms with Gasteiger partial charge in [0.1, 0.15) is 11.3 Å². The van der Waals surface area contributed by atoms with Crippen LogP contribution in [-0.4, -0.2) is 21.5 Å². The van der Waals surface area contributed by atoms with E-state index in [-0.39, 0.29) is 11.3 Å². The van der Waals surface area contributed by atoms with Crippen LogP contribution in [0.1, 0.15) is 10.4 Å². The average molecular weight is 139 g/mol. The molecule has 0 saturated carbocycles. The standard InChI is InChI=1S/C6H5NO3/c8-3-4-5(9)1-2-7-6(4)10/h1-3H,(H2,7,9,10). The van der Waals surface area contributed by atoms with Crippen LogP contribution in [-0.2, 0) is 0 Å². The van der Waals surface area contributed by atoms with E-state index in [2.05, 4.69) is 4.98 Å². The number of pyridine rings is 1.